The molecule has 0 spiro atoms. The highest BCUT2D eigenvalue weighted by atomic mass is 19.4. The maximum atomic E-state index is 12.2. The van der Waals surface area contributed by atoms with Gasteiger partial charge in [0, 0.05) is 0 Å². The molecule has 0 aliphatic heterocycles. The predicted octanol–water partition coefficient (Wildman–Crippen LogP) is 3.13. The van der Waals surface area contributed by atoms with E-state index < -0.39 is 18.1 Å². The van der Waals surface area contributed by atoms with Crippen LogP contribution in [0.15, 0.2) is 54.6 Å². The number of carbonyl (C=O) groups is 1. The van der Waals surface area contributed by atoms with Crippen LogP contribution < -0.4 is 10.5 Å². The summed E-state index contributed by atoms with van der Waals surface area (Å²) in [5, 5.41) is 7.00. The fraction of sp³-hybridized carbons (Fsp3) is 0.125. The van der Waals surface area contributed by atoms with Gasteiger partial charge in [0.15, 0.2) is 0 Å². The lowest BCUT2D eigenvalue weighted by atomic mass is 10.2. The number of halogens is 3. The van der Waals surface area contributed by atoms with Crippen LogP contribution >= 0.6 is 0 Å². The maximum Gasteiger partial charge on any atom is 0.493 e. The summed E-state index contributed by atoms with van der Waals surface area (Å²) in [6.07, 6.45) is -5.25. The summed E-state index contributed by atoms with van der Waals surface area (Å²) in [6, 6.07) is 15.4. The Bertz CT molecular complexity index is 769. The first kappa shape index (κ1) is 19.1. The number of nitrogens with one attached hydrogen (secondary N) is 1. The van der Waals surface area contributed by atoms with E-state index in [4.69, 9.17) is 20.7 Å². The van der Waals surface area contributed by atoms with E-state index in [9.17, 15) is 18.0 Å². The highest BCUT2D eigenvalue weighted by molar-refractivity contribution is 5.79. The number of ether oxygens (including phenoxy) is 1. The first-order chi connectivity index (χ1) is 12.3. The second kappa shape index (κ2) is 8.21. The van der Waals surface area contributed by atoms with Crippen molar-refractivity contribution in [2.75, 3.05) is 0 Å². The molecule has 0 aliphatic rings. The number of para-hydroxylation sites is 1. The number of hydrogen-bond donors (Lipinski definition) is 2. The van der Waals surface area contributed by atoms with Crippen LogP contribution in [0, 0.1) is 5.41 Å². The Morgan fingerprint density at radius 3 is 2.35 bits per heavy atom. The Morgan fingerprint density at radius 1 is 1.08 bits per heavy atom. The third-order valence-corrected chi connectivity index (χ3v) is 2.82. The molecule has 0 radical (unpaired) electrons. The normalized spacial score (nSPS) is 10.9. The van der Waals surface area contributed by atoms with Crippen LogP contribution in [0.2, 0.25) is 0 Å². The molecule has 3 N–H and O–H groups in total. The summed E-state index contributed by atoms with van der Waals surface area (Å²) in [5.41, 5.74) is 5.52. The Kier molecular flexibility index (Phi) is 6.02. The highest BCUT2D eigenvalue weighted by Crippen LogP contribution is 2.22. The molecule has 0 amide bonds. The number of nitrogens with zero attached hydrogens (tertiary/aromatic N) is 1. The molecule has 0 bridgehead atoms. The molecule has 0 unspecified atom stereocenters. The summed E-state index contributed by atoms with van der Waals surface area (Å²) < 4.78 is 42.2. The molecular weight excluding hydrogens is 355 g/mol. The molecule has 0 atom stereocenters. The average Bonchev–Trinajstić information content (AvgIpc) is 2.58. The Balaban J connectivity index is 1.99. The quantitative estimate of drug-likeness (QED) is 0.477. The van der Waals surface area contributed by atoms with Crippen LogP contribution in [-0.2, 0) is 21.1 Å². The molecule has 0 aromatic heterocycles. The van der Waals surface area contributed by atoms with Gasteiger partial charge in [-0.05, 0) is 35.1 Å². The van der Waals surface area contributed by atoms with Crippen molar-refractivity contribution in [2.24, 2.45) is 5.73 Å². The van der Waals surface area contributed by atoms with Crippen LogP contribution in [0.3, 0.4) is 0 Å². The van der Waals surface area contributed by atoms with E-state index in [1.807, 2.05) is 6.07 Å². The van der Waals surface area contributed by atoms with Gasteiger partial charge in [-0.15, -0.1) is 0 Å². The van der Waals surface area contributed by atoms with Crippen LogP contribution in [0.5, 0.6) is 11.5 Å². The SMILES string of the molecule is N=C(N)N(OCc1cccc(Oc2ccccc2)c1)OC(=O)C(F)(F)F. The van der Waals surface area contributed by atoms with Crippen molar-refractivity contribution >= 4 is 11.9 Å². The summed E-state index contributed by atoms with van der Waals surface area (Å²) in [4.78, 5) is 19.5. The largest absolute Gasteiger partial charge is 0.493 e. The molecule has 138 valence electrons. The van der Waals surface area contributed by atoms with Crippen molar-refractivity contribution in [1.29, 1.82) is 5.41 Å². The van der Waals surface area contributed by atoms with Gasteiger partial charge in [0.2, 0.25) is 0 Å². The van der Waals surface area contributed by atoms with Crippen LogP contribution in [0.4, 0.5) is 13.2 Å². The van der Waals surface area contributed by atoms with Crippen LogP contribution in [-0.4, -0.2) is 23.3 Å². The first-order valence-corrected chi connectivity index (χ1v) is 7.14. The first-order valence-electron chi connectivity index (χ1n) is 7.14. The Morgan fingerprint density at radius 2 is 1.73 bits per heavy atom. The van der Waals surface area contributed by atoms with Gasteiger partial charge in [0.25, 0.3) is 5.96 Å². The molecule has 10 heteroatoms. The minimum absolute atomic E-state index is 0.111. The van der Waals surface area contributed by atoms with Gasteiger partial charge >= 0.3 is 12.1 Å². The van der Waals surface area contributed by atoms with E-state index >= 15 is 0 Å². The van der Waals surface area contributed by atoms with E-state index in [1.54, 1.807) is 48.5 Å². The van der Waals surface area contributed by atoms with E-state index in [-0.39, 0.29) is 11.8 Å². The molecule has 0 aliphatic carbocycles. The predicted molar refractivity (Wildman–Crippen MR) is 83.6 cm³/mol. The monoisotopic (exact) mass is 369 g/mol. The van der Waals surface area contributed by atoms with Gasteiger partial charge in [0.05, 0.1) is 0 Å². The van der Waals surface area contributed by atoms with Crippen molar-refractivity contribution in [2.45, 2.75) is 12.8 Å². The second-order valence-corrected chi connectivity index (χ2v) is 4.85. The number of hydrogen-bond acceptors (Lipinski definition) is 5. The van der Waals surface area contributed by atoms with Gasteiger partial charge in [-0.2, -0.15) is 13.2 Å². The molecule has 2 rings (SSSR count). The molecule has 0 heterocycles. The third-order valence-electron chi connectivity index (χ3n) is 2.82. The summed E-state index contributed by atoms with van der Waals surface area (Å²) in [5.74, 6) is -2.54. The summed E-state index contributed by atoms with van der Waals surface area (Å²) in [6.45, 7) is -0.323. The number of benzene rings is 2. The zero-order chi connectivity index (χ0) is 19.2. The van der Waals surface area contributed by atoms with Crippen molar-refractivity contribution in [3.63, 3.8) is 0 Å². The Hall–Kier alpha value is -3.27. The lowest BCUT2D eigenvalue weighted by Gasteiger charge is -2.20. The topological polar surface area (TPSA) is 97.9 Å². The standard InChI is InChI=1S/C16H14F3N3O4/c17-16(18,19)14(23)26-22(15(20)21)24-10-11-5-4-8-13(9-11)25-12-6-2-1-3-7-12/h1-9H,10H2,(H3,20,21). The number of rotatable bonds is 5. The third kappa shape index (κ3) is 5.67. The van der Waals surface area contributed by atoms with E-state index in [2.05, 4.69) is 4.84 Å². The molecule has 0 saturated carbocycles. The number of alkyl halides is 3. The molecular formula is C16H14F3N3O4. The molecule has 0 saturated heterocycles. The summed E-state index contributed by atoms with van der Waals surface area (Å²) >= 11 is 0. The molecule has 2 aromatic rings. The lowest BCUT2D eigenvalue weighted by Crippen LogP contribution is -2.41. The van der Waals surface area contributed by atoms with Crippen molar-refractivity contribution in [1.82, 2.24) is 5.23 Å². The van der Waals surface area contributed by atoms with Gasteiger partial charge in [-0.25, -0.2) is 9.63 Å². The minimum Gasteiger partial charge on any atom is -0.457 e. The van der Waals surface area contributed by atoms with Gasteiger partial charge < -0.3 is 15.3 Å². The zero-order valence-electron chi connectivity index (χ0n) is 13.2. The van der Waals surface area contributed by atoms with Crippen LogP contribution in [0.25, 0.3) is 0 Å². The van der Waals surface area contributed by atoms with Crippen molar-refractivity contribution in [3.05, 3.63) is 60.2 Å². The highest BCUT2D eigenvalue weighted by Gasteiger charge is 2.43. The molecule has 2 aromatic carbocycles. The number of hydroxylamine groups is 2. The van der Waals surface area contributed by atoms with Gasteiger partial charge in [0.1, 0.15) is 18.1 Å². The van der Waals surface area contributed by atoms with Crippen molar-refractivity contribution in [3.8, 4) is 11.5 Å². The van der Waals surface area contributed by atoms with Crippen LogP contribution in [0.1, 0.15) is 5.56 Å². The van der Waals surface area contributed by atoms with Crippen molar-refractivity contribution < 1.29 is 32.4 Å². The smallest absolute Gasteiger partial charge is 0.457 e. The molecule has 0 fully saturated rings. The second-order valence-electron chi connectivity index (χ2n) is 4.85. The summed E-state index contributed by atoms with van der Waals surface area (Å²) in [7, 11) is 0. The van der Waals surface area contributed by atoms with E-state index in [0.29, 0.717) is 17.1 Å². The maximum absolute atomic E-state index is 12.2. The number of guanidine groups is 1. The number of carbonyl (C=O) groups excluding carboxylic acids is 1. The zero-order valence-corrected chi connectivity index (χ0v) is 13.2. The van der Waals surface area contributed by atoms with E-state index in [0.717, 1.165) is 0 Å². The van der Waals surface area contributed by atoms with Gasteiger partial charge in [-0.3, -0.25) is 5.41 Å². The fourth-order valence-electron chi connectivity index (χ4n) is 1.73. The lowest BCUT2D eigenvalue weighted by molar-refractivity contribution is -0.322. The number of nitrogens with two attached hydrogens (primary N) is 1. The van der Waals surface area contributed by atoms with E-state index in [1.165, 1.54) is 0 Å². The fourth-order valence-corrected chi connectivity index (χ4v) is 1.73. The molecule has 7 nitrogen and oxygen atoms in total. The minimum atomic E-state index is -5.25. The average molecular weight is 369 g/mol. The molecule has 26 heavy (non-hydrogen) atoms. The van der Waals surface area contributed by atoms with Gasteiger partial charge in [-0.1, -0.05) is 30.3 Å². The Labute approximate surface area is 146 Å².